The number of hydrogen-bond donors (Lipinski definition) is 2. The molecule has 2 rings (SSSR count). The number of anilines is 1. The van der Waals surface area contributed by atoms with Crippen molar-refractivity contribution in [3.8, 4) is 0 Å². The zero-order valence-corrected chi connectivity index (χ0v) is 10.4. The number of esters is 1. The van der Waals surface area contributed by atoms with Gasteiger partial charge in [0.2, 0.25) is 0 Å². The first-order valence-electron chi connectivity index (χ1n) is 6.41. The molecule has 0 aliphatic heterocycles. The highest BCUT2D eigenvalue weighted by Gasteiger charge is 2.21. The smallest absolute Gasteiger partial charge is 0.338 e. The van der Waals surface area contributed by atoms with Crippen molar-refractivity contribution < 1.29 is 14.6 Å². The summed E-state index contributed by atoms with van der Waals surface area (Å²) in [7, 11) is 0. The second-order valence-corrected chi connectivity index (χ2v) is 4.60. The van der Waals surface area contributed by atoms with Crippen LogP contribution in [0.5, 0.6) is 0 Å². The number of rotatable bonds is 7. The molecule has 1 fully saturated rings. The standard InChI is InChI=1S/C14H19NO3/c16-9-8-15-13-5-3-12(4-6-13)14(17)18-10-7-11-1-2-11/h3-6,11,15-16H,1-2,7-10H2. The van der Waals surface area contributed by atoms with Crippen molar-refractivity contribution in [1.29, 1.82) is 0 Å². The summed E-state index contributed by atoms with van der Waals surface area (Å²) in [5.41, 5.74) is 1.46. The normalized spacial score (nSPS) is 14.3. The monoisotopic (exact) mass is 249 g/mol. The number of nitrogens with one attached hydrogen (secondary N) is 1. The molecule has 0 heterocycles. The van der Waals surface area contributed by atoms with Crippen molar-refractivity contribution in [2.45, 2.75) is 19.3 Å². The Hall–Kier alpha value is -1.55. The van der Waals surface area contributed by atoms with Gasteiger partial charge < -0.3 is 15.2 Å². The van der Waals surface area contributed by atoms with E-state index in [4.69, 9.17) is 9.84 Å². The van der Waals surface area contributed by atoms with Crippen LogP contribution in [0.4, 0.5) is 5.69 Å². The largest absolute Gasteiger partial charge is 0.462 e. The molecule has 0 aromatic heterocycles. The summed E-state index contributed by atoms with van der Waals surface area (Å²) in [4.78, 5) is 11.7. The molecule has 4 heteroatoms. The van der Waals surface area contributed by atoms with Gasteiger partial charge in [0, 0.05) is 12.2 Å². The van der Waals surface area contributed by atoms with Gasteiger partial charge in [-0.1, -0.05) is 12.8 Å². The summed E-state index contributed by atoms with van der Waals surface area (Å²) >= 11 is 0. The van der Waals surface area contributed by atoms with Crippen molar-refractivity contribution in [1.82, 2.24) is 0 Å². The van der Waals surface area contributed by atoms with Crippen molar-refractivity contribution in [2.24, 2.45) is 5.92 Å². The number of hydrogen-bond acceptors (Lipinski definition) is 4. The van der Waals surface area contributed by atoms with Gasteiger partial charge in [-0.2, -0.15) is 0 Å². The van der Waals surface area contributed by atoms with E-state index in [1.54, 1.807) is 12.1 Å². The predicted octanol–water partition coefficient (Wildman–Crippen LogP) is 2.05. The van der Waals surface area contributed by atoms with E-state index in [1.165, 1.54) is 12.8 Å². The lowest BCUT2D eigenvalue weighted by molar-refractivity contribution is 0.0495. The Labute approximate surface area is 107 Å². The second kappa shape index (κ2) is 6.40. The summed E-state index contributed by atoms with van der Waals surface area (Å²) in [5.74, 6) is 0.521. The molecular formula is C14H19NO3. The van der Waals surface area contributed by atoms with Crippen LogP contribution in [0.1, 0.15) is 29.6 Å². The van der Waals surface area contributed by atoms with Crippen LogP contribution in [0.2, 0.25) is 0 Å². The van der Waals surface area contributed by atoms with Crippen LogP contribution in [-0.2, 0) is 4.74 Å². The minimum atomic E-state index is -0.260. The first-order valence-corrected chi connectivity index (χ1v) is 6.41. The fourth-order valence-corrected chi connectivity index (χ4v) is 1.73. The summed E-state index contributed by atoms with van der Waals surface area (Å²) in [6.07, 6.45) is 3.55. The highest BCUT2D eigenvalue weighted by atomic mass is 16.5. The number of aliphatic hydroxyl groups is 1. The van der Waals surface area contributed by atoms with Crippen LogP contribution < -0.4 is 5.32 Å². The summed E-state index contributed by atoms with van der Waals surface area (Å²) in [6.45, 7) is 1.12. The summed E-state index contributed by atoms with van der Waals surface area (Å²) in [5, 5.41) is 11.7. The molecule has 0 bridgehead atoms. The molecule has 1 aromatic rings. The minimum Gasteiger partial charge on any atom is -0.462 e. The number of carbonyl (C=O) groups is 1. The van der Waals surface area contributed by atoms with Crippen LogP contribution in [0.3, 0.4) is 0 Å². The van der Waals surface area contributed by atoms with Crippen LogP contribution in [0, 0.1) is 5.92 Å². The van der Waals surface area contributed by atoms with E-state index in [1.807, 2.05) is 12.1 Å². The van der Waals surface area contributed by atoms with Crippen molar-refractivity contribution in [2.75, 3.05) is 25.1 Å². The average molecular weight is 249 g/mol. The number of aliphatic hydroxyl groups excluding tert-OH is 1. The van der Waals surface area contributed by atoms with Gasteiger partial charge in [-0.15, -0.1) is 0 Å². The fourth-order valence-electron chi connectivity index (χ4n) is 1.73. The molecule has 18 heavy (non-hydrogen) atoms. The first-order chi connectivity index (χ1) is 8.79. The highest BCUT2D eigenvalue weighted by Crippen LogP contribution is 2.32. The third-order valence-electron chi connectivity index (χ3n) is 3.02. The molecule has 0 saturated heterocycles. The fraction of sp³-hybridized carbons (Fsp3) is 0.500. The van der Waals surface area contributed by atoms with E-state index in [0.29, 0.717) is 18.7 Å². The number of carbonyl (C=O) groups excluding carboxylic acids is 1. The van der Waals surface area contributed by atoms with Crippen molar-refractivity contribution in [3.63, 3.8) is 0 Å². The summed E-state index contributed by atoms with van der Waals surface area (Å²) < 4.78 is 5.20. The van der Waals surface area contributed by atoms with Gasteiger partial charge in [0.25, 0.3) is 0 Å². The molecule has 0 radical (unpaired) electrons. The molecular weight excluding hydrogens is 230 g/mol. The lowest BCUT2D eigenvalue weighted by Crippen LogP contribution is -2.08. The van der Waals surface area contributed by atoms with E-state index in [0.717, 1.165) is 18.0 Å². The van der Waals surface area contributed by atoms with Gasteiger partial charge in [0.1, 0.15) is 0 Å². The Balaban J connectivity index is 1.77. The molecule has 1 aromatic carbocycles. The third kappa shape index (κ3) is 4.04. The topological polar surface area (TPSA) is 58.6 Å². The predicted molar refractivity (Wildman–Crippen MR) is 69.6 cm³/mol. The molecule has 1 aliphatic carbocycles. The number of benzene rings is 1. The Morgan fingerprint density at radius 3 is 2.67 bits per heavy atom. The van der Waals surface area contributed by atoms with Gasteiger partial charge in [0.05, 0.1) is 18.8 Å². The molecule has 0 atom stereocenters. The molecule has 1 saturated carbocycles. The van der Waals surface area contributed by atoms with Gasteiger partial charge >= 0.3 is 5.97 Å². The van der Waals surface area contributed by atoms with Crippen LogP contribution in [-0.4, -0.2) is 30.8 Å². The zero-order valence-electron chi connectivity index (χ0n) is 10.4. The van der Waals surface area contributed by atoms with Gasteiger partial charge in [0.15, 0.2) is 0 Å². The van der Waals surface area contributed by atoms with Gasteiger partial charge in [-0.3, -0.25) is 0 Å². The molecule has 1 aliphatic rings. The highest BCUT2D eigenvalue weighted by molar-refractivity contribution is 5.89. The van der Waals surface area contributed by atoms with E-state index in [-0.39, 0.29) is 12.6 Å². The summed E-state index contributed by atoms with van der Waals surface area (Å²) in [6, 6.07) is 7.10. The average Bonchev–Trinajstić information content (AvgIpc) is 3.21. The molecule has 0 unspecified atom stereocenters. The van der Waals surface area contributed by atoms with Crippen molar-refractivity contribution in [3.05, 3.63) is 29.8 Å². The third-order valence-corrected chi connectivity index (χ3v) is 3.02. The van der Waals surface area contributed by atoms with Crippen molar-refractivity contribution >= 4 is 11.7 Å². The van der Waals surface area contributed by atoms with E-state index < -0.39 is 0 Å². The van der Waals surface area contributed by atoms with E-state index >= 15 is 0 Å². The lowest BCUT2D eigenvalue weighted by atomic mass is 10.2. The van der Waals surface area contributed by atoms with E-state index in [2.05, 4.69) is 5.32 Å². The Morgan fingerprint density at radius 2 is 2.06 bits per heavy atom. The van der Waals surface area contributed by atoms with Gasteiger partial charge in [-0.25, -0.2) is 4.79 Å². The lowest BCUT2D eigenvalue weighted by Gasteiger charge is -2.06. The Kier molecular flexibility index (Phi) is 4.59. The second-order valence-electron chi connectivity index (χ2n) is 4.60. The molecule has 0 spiro atoms. The quantitative estimate of drug-likeness (QED) is 0.726. The Morgan fingerprint density at radius 1 is 1.33 bits per heavy atom. The molecule has 4 nitrogen and oxygen atoms in total. The SMILES string of the molecule is O=C(OCCC1CC1)c1ccc(NCCO)cc1. The molecule has 98 valence electrons. The maximum atomic E-state index is 11.7. The van der Waals surface area contributed by atoms with Gasteiger partial charge in [-0.05, 0) is 36.6 Å². The molecule has 2 N–H and O–H groups in total. The van der Waals surface area contributed by atoms with Crippen LogP contribution in [0.25, 0.3) is 0 Å². The number of ether oxygens (including phenoxy) is 1. The van der Waals surface area contributed by atoms with Crippen LogP contribution >= 0.6 is 0 Å². The van der Waals surface area contributed by atoms with Crippen LogP contribution in [0.15, 0.2) is 24.3 Å². The Bertz CT molecular complexity index is 385. The maximum Gasteiger partial charge on any atom is 0.338 e. The van der Waals surface area contributed by atoms with E-state index in [9.17, 15) is 4.79 Å². The first kappa shape index (κ1) is 12.9. The molecule has 0 amide bonds. The minimum absolute atomic E-state index is 0.0883. The maximum absolute atomic E-state index is 11.7. The zero-order chi connectivity index (χ0) is 12.8.